The van der Waals surface area contributed by atoms with Gasteiger partial charge in [0.2, 0.25) is 5.91 Å². The molecule has 1 aliphatic rings. The fourth-order valence-electron chi connectivity index (χ4n) is 4.92. The zero-order chi connectivity index (χ0) is 29.4. The molecule has 0 aliphatic carbocycles. The van der Waals surface area contributed by atoms with Crippen molar-refractivity contribution in [3.63, 3.8) is 0 Å². The topological polar surface area (TPSA) is 105 Å². The Labute approximate surface area is 246 Å². The number of aryl methyl sites for hydroxylation is 1. The highest BCUT2D eigenvalue weighted by molar-refractivity contribution is 7.80. The minimum atomic E-state index is -1.18. The number of amides is 2. The first kappa shape index (κ1) is 30.0. The Bertz CT molecular complexity index is 1410. The van der Waals surface area contributed by atoms with Crippen LogP contribution in [-0.2, 0) is 27.4 Å². The minimum Gasteiger partial charge on any atom is -0.493 e. The van der Waals surface area contributed by atoms with E-state index in [1.54, 1.807) is 0 Å². The Morgan fingerprint density at radius 1 is 1.07 bits per heavy atom. The molecule has 3 aromatic carbocycles. The average Bonchev–Trinajstić information content (AvgIpc) is 2.98. The van der Waals surface area contributed by atoms with Gasteiger partial charge in [-0.25, -0.2) is 9.59 Å². The Morgan fingerprint density at radius 3 is 2.63 bits per heavy atom. The number of nitrogens with zero attached hydrogens (tertiary/aromatic N) is 1. The van der Waals surface area contributed by atoms with Crippen molar-refractivity contribution in [3.8, 4) is 16.9 Å². The third kappa shape index (κ3) is 7.61. The third-order valence-corrected chi connectivity index (χ3v) is 7.64. The van der Waals surface area contributed by atoms with Crippen molar-refractivity contribution in [1.82, 2.24) is 5.32 Å². The first-order valence-electron chi connectivity index (χ1n) is 13.8. The number of carboxylic acids is 1. The lowest BCUT2D eigenvalue weighted by Gasteiger charge is -2.31. The lowest BCUT2D eigenvalue weighted by atomic mass is 9.91. The molecule has 4 rings (SSSR count). The van der Waals surface area contributed by atoms with Crippen LogP contribution in [0.25, 0.3) is 11.1 Å². The maximum atomic E-state index is 13.3. The number of carboxylic acid groups (broad SMARTS) is 1. The number of hydrogen-bond acceptors (Lipinski definition) is 6. The van der Waals surface area contributed by atoms with Crippen LogP contribution >= 0.6 is 12.6 Å². The maximum Gasteiger partial charge on any atom is 0.408 e. The maximum absolute atomic E-state index is 13.3. The SMILES string of the molecule is Cc1cccc(OCCCC(=O)N2CCCc3c(-c4cccc(COC(=O)NC(CS)C(=O)O)c4)cccc32)c1C. The largest absolute Gasteiger partial charge is 0.493 e. The van der Waals surface area contributed by atoms with Gasteiger partial charge in [-0.3, -0.25) is 4.79 Å². The highest BCUT2D eigenvalue weighted by atomic mass is 32.1. The number of alkyl carbamates (subject to hydrolysis) is 1. The van der Waals surface area contributed by atoms with Gasteiger partial charge in [0.25, 0.3) is 0 Å². The fraction of sp³-hybridized carbons (Fsp3) is 0.344. The van der Waals surface area contributed by atoms with E-state index < -0.39 is 18.1 Å². The molecule has 1 heterocycles. The van der Waals surface area contributed by atoms with E-state index in [4.69, 9.17) is 14.6 Å². The van der Waals surface area contributed by atoms with Gasteiger partial charge in [0, 0.05) is 24.4 Å². The van der Waals surface area contributed by atoms with Crippen LogP contribution in [0.2, 0.25) is 0 Å². The van der Waals surface area contributed by atoms with E-state index in [0.717, 1.165) is 52.1 Å². The van der Waals surface area contributed by atoms with Crippen molar-refractivity contribution in [3.05, 3.63) is 82.9 Å². The molecule has 1 atom stereocenters. The molecule has 1 unspecified atom stereocenters. The molecule has 8 nitrogen and oxygen atoms in total. The number of hydrogen-bond donors (Lipinski definition) is 3. The Kier molecular flexibility index (Phi) is 10.3. The van der Waals surface area contributed by atoms with Gasteiger partial charge in [-0.2, -0.15) is 12.6 Å². The molecule has 216 valence electrons. The standard InChI is InChI=1S/C32H36N2O6S/c1-21-8-3-14-29(22(21)2)39-17-7-15-30(35)34-16-6-12-26-25(11-5-13-28(26)34)24-10-4-9-23(18-24)19-40-32(38)33-27(20-41)31(36)37/h3-5,8-11,13-14,18,27,41H,6-7,12,15-17,19-20H2,1-2H3,(H,33,38)(H,36,37). The second-order valence-electron chi connectivity index (χ2n) is 10.1. The first-order valence-corrected chi connectivity index (χ1v) is 14.4. The van der Waals surface area contributed by atoms with Gasteiger partial charge in [0.15, 0.2) is 0 Å². The zero-order valence-corrected chi connectivity index (χ0v) is 24.3. The summed E-state index contributed by atoms with van der Waals surface area (Å²) in [6.45, 7) is 5.25. The second-order valence-corrected chi connectivity index (χ2v) is 10.5. The molecular formula is C32H36N2O6S. The molecule has 2 amide bonds. The van der Waals surface area contributed by atoms with Crippen LogP contribution in [0.15, 0.2) is 60.7 Å². The Hall–Kier alpha value is -3.98. The predicted molar refractivity (Wildman–Crippen MR) is 162 cm³/mol. The Balaban J connectivity index is 1.40. The van der Waals surface area contributed by atoms with E-state index in [9.17, 15) is 14.4 Å². The van der Waals surface area contributed by atoms with E-state index in [-0.39, 0.29) is 18.3 Å². The van der Waals surface area contributed by atoms with E-state index in [2.05, 4.69) is 30.9 Å². The van der Waals surface area contributed by atoms with Crippen molar-refractivity contribution in [2.45, 2.75) is 52.2 Å². The lowest BCUT2D eigenvalue weighted by molar-refractivity contribution is -0.138. The number of carbonyl (C=O) groups excluding carboxylic acids is 2. The van der Waals surface area contributed by atoms with Crippen LogP contribution in [-0.4, -0.2) is 48.0 Å². The summed E-state index contributed by atoms with van der Waals surface area (Å²) in [5.41, 5.74) is 7.11. The van der Waals surface area contributed by atoms with Gasteiger partial charge >= 0.3 is 12.1 Å². The molecule has 0 fully saturated rings. The molecular weight excluding hydrogens is 540 g/mol. The van der Waals surface area contributed by atoms with Crippen LogP contribution < -0.4 is 15.0 Å². The van der Waals surface area contributed by atoms with Gasteiger partial charge in [-0.05, 0) is 84.7 Å². The molecule has 0 aromatic heterocycles. The number of benzene rings is 3. The van der Waals surface area contributed by atoms with Gasteiger partial charge in [-0.15, -0.1) is 0 Å². The molecule has 0 saturated heterocycles. The highest BCUT2D eigenvalue weighted by Gasteiger charge is 2.24. The number of anilines is 1. The number of carbonyl (C=O) groups is 3. The number of aliphatic carboxylic acids is 1. The number of rotatable bonds is 11. The summed E-state index contributed by atoms with van der Waals surface area (Å²) in [5.74, 6) is -0.270. The van der Waals surface area contributed by atoms with E-state index in [1.165, 1.54) is 5.56 Å². The smallest absolute Gasteiger partial charge is 0.408 e. The molecule has 3 aromatic rings. The van der Waals surface area contributed by atoms with Gasteiger partial charge < -0.3 is 24.8 Å². The molecule has 0 spiro atoms. The van der Waals surface area contributed by atoms with E-state index in [0.29, 0.717) is 26.0 Å². The summed E-state index contributed by atoms with van der Waals surface area (Å²) >= 11 is 3.94. The van der Waals surface area contributed by atoms with Crippen molar-refractivity contribution < 1.29 is 29.0 Å². The fourth-order valence-corrected chi connectivity index (χ4v) is 5.17. The summed E-state index contributed by atoms with van der Waals surface area (Å²) in [5, 5.41) is 11.4. The second kappa shape index (κ2) is 14.1. The van der Waals surface area contributed by atoms with Crippen LogP contribution in [0.3, 0.4) is 0 Å². The average molecular weight is 577 g/mol. The minimum absolute atomic E-state index is 0.0115. The van der Waals surface area contributed by atoms with Crippen LogP contribution in [0.4, 0.5) is 10.5 Å². The summed E-state index contributed by atoms with van der Waals surface area (Å²) in [6.07, 6.45) is 1.94. The molecule has 0 saturated carbocycles. The quantitative estimate of drug-likeness (QED) is 0.199. The molecule has 1 aliphatic heterocycles. The zero-order valence-electron chi connectivity index (χ0n) is 23.4. The van der Waals surface area contributed by atoms with E-state index in [1.807, 2.05) is 66.4 Å². The molecule has 2 N–H and O–H groups in total. The van der Waals surface area contributed by atoms with Gasteiger partial charge in [0.1, 0.15) is 18.4 Å². The summed E-state index contributed by atoms with van der Waals surface area (Å²) in [4.78, 5) is 38.3. The van der Waals surface area contributed by atoms with Crippen molar-refractivity contribution in [2.24, 2.45) is 0 Å². The molecule has 0 radical (unpaired) electrons. The summed E-state index contributed by atoms with van der Waals surface area (Å²) in [7, 11) is 0. The Morgan fingerprint density at radius 2 is 1.85 bits per heavy atom. The molecule has 9 heteroatoms. The van der Waals surface area contributed by atoms with Crippen LogP contribution in [0.1, 0.15) is 41.5 Å². The lowest BCUT2D eigenvalue weighted by Crippen LogP contribution is -2.42. The van der Waals surface area contributed by atoms with E-state index >= 15 is 0 Å². The molecule has 41 heavy (non-hydrogen) atoms. The van der Waals surface area contributed by atoms with Gasteiger partial charge in [0.05, 0.1) is 6.61 Å². The predicted octanol–water partition coefficient (Wildman–Crippen LogP) is 5.72. The number of fused-ring (bicyclic) bond motifs is 1. The van der Waals surface area contributed by atoms with Gasteiger partial charge in [-0.1, -0.05) is 42.5 Å². The normalized spacial score (nSPS) is 13.2. The van der Waals surface area contributed by atoms with Crippen LogP contribution in [0.5, 0.6) is 5.75 Å². The number of thiol groups is 1. The summed E-state index contributed by atoms with van der Waals surface area (Å²) < 4.78 is 11.2. The number of ether oxygens (including phenoxy) is 2. The van der Waals surface area contributed by atoms with Crippen molar-refractivity contribution >= 4 is 36.3 Å². The van der Waals surface area contributed by atoms with Crippen molar-refractivity contribution in [1.29, 1.82) is 0 Å². The van der Waals surface area contributed by atoms with Crippen molar-refractivity contribution in [2.75, 3.05) is 23.8 Å². The monoisotopic (exact) mass is 576 g/mol. The highest BCUT2D eigenvalue weighted by Crippen LogP contribution is 2.36. The third-order valence-electron chi connectivity index (χ3n) is 7.28. The summed E-state index contributed by atoms with van der Waals surface area (Å²) in [6, 6.07) is 18.5. The first-order chi connectivity index (χ1) is 19.8. The number of nitrogens with one attached hydrogen (secondary N) is 1. The molecule has 0 bridgehead atoms. The van der Waals surface area contributed by atoms with Crippen LogP contribution in [0, 0.1) is 13.8 Å².